The van der Waals surface area contributed by atoms with Crippen LogP contribution < -0.4 is 0 Å². The van der Waals surface area contributed by atoms with Gasteiger partial charge in [-0.2, -0.15) is 0 Å². The fourth-order valence-electron chi connectivity index (χ4n) is 0.872. The molecule has 0 atom stereocenters. The molecule has 0 aromatic carbocycles. The van der Waals surface area contributed by atoms with Gasteiger partial charge in [-0.1, -0.05) is 28.7 Å². The van der Waals surface area contributed by atoms with E-state index in [1.807, 2.05) is 26.8 Å². The summed E-state index contributed by atoms with van der Waals surface area (Å²) < 4.78 is 6.30. The van der Waals surface area contributed by atoms with E-state index in [9.17, 15) is 4.79 Å². The molecule has 0 rings (SSSR count). The summed E-state index contributed by atoms with van der Waals surface area (Å²) in [5.74, 6) is -0.244. The van der Waals surface area contributed by atoms with Gasteiger partial charge in [0.15, 0.2) is 0 Å². The lowest BCUT2D eigenvalue weighted by atomic mass is 10.2. The number of esters is 1. The lowest BCUT2D eigenvalue weighted by Gasteiger charge is -2.17. The summed E-state index contributed by atoms with van der Waals surface area (Å²) in [7, 11) is 0. The topological polar surface area (TPSA) is 26.3 Å². The van der Waals surface area contributed by atoms with Crippen LogP contribution in [0.25, 0.3) is 0 Å². The van der Waals surface area contributed by atoms with Crippen LogP contribution in [0.4, 0.5) is 0 Å². The number of carbonyl (C=O) groups excluding carboxylic acids is 1. The third-order valence-electron chi connectivity index (χ3n) is 1.42. The minimum Gasteiger partial charge on any atom is -0.457 e. The molecule has 0 aromatic rings. The van der Waals surface area contributed by atoms with Crippen LogP contribution in [-0.4, -0.2) is 16.0 Å². The minimum atomic E-state index is -0.385. The highest BCUT2D eigenvalue weighted by molar-refractivity contribution is 14.1. The first-order valence-electron chi connectivity index (χ1n) is 4.91. The summed E-state index contributed by atoms with van der Waals surface area (Å²) in [4.78, 5) is 11.2. The minimum absolute atomic E-state index is 0.244. The van der Waals surface area contributed by atoms with E-state index in [0.717, 1.165) is 12.8 Å². The number of halogens is 1. The van der Waals surface area contributed by atoms with Crippen molar-refractivity contribution in [3.63, 3.8) is 0 Å². The van der Waals surface area contributed by atoms with E-state index in [4.69, 9.17) is 4.74 Å². The molecule has 2 nitrogen and oxygen atoms in total. The zero-order chi connectivity index (χ0) is 11.0. The number of hydrogen-bond acceptors (Lipinski definition) is 2. The molecule has 0 bridgehead atoms. The maximum Gasteiger partial charge on any atom is 0.330 e. The Morgan fingerprint density at radius 3 is 2.50 bits per heavy atom. The maximum absolute atomic E-state index is 11.2. The van der Waals surface area contributed by atoms with E-state index in [-0.39, 0.29) is 11.6 Å². The molecule has 82 valence electrons. The number of rotatable bonds is 5. The third-order valence-corrected chi connectivity index (χ3v) is 2.18. The smallest absolute Gasteiger partial charge is 0.330 e. The zero-order valence-corrected chi connectivity index (χ0v) is 11.3. The second-order valence-corrected chi connectivity index (χ2v) is 5.20. The average Bonchev–Trinajstić information content (AvgIpc) is 2.00. The monoisotopic (exact) mass is 310 g/mol. The second-order valence-electron chi connectivity index (χ2n) is 4.12. The molecule has 0 unspecified atom stereocenters. The van der Waals surface area contributed by atoms with Crippen molar-refractivity contribution in [2.45, 2.75) is 45.6 Å². The summed E-state index contributed by atoms with van der Waals surface area (Å²) in [5.41, 5.74) is -0.385. The van der Waals surface area contributed by atoms with Crippen LogP contribution in [0.2, 0.25) is 0 Å². The first-order valence-corrected chi connectivity index (χ1v) is 6.44. The summed E-state index contributed by atoms with van der Waals surface area (Å²) in [5, 5.41) is 0. The van der Waals surface area contributed by atoms with E-state index in [1.165, 1.54) is 16.9 Å². The molecule has 0 heterocycles. The van der Waals surface area contributed by atoms with Crippen molar-refractivity contribution in [2.75, 3.05) is 4.43 Å². The molecule has 0 N–H and O–H groups in total. The summed E-state index contributed by atoms with van der Waals surface area (Å²) in [6.07, 6.45) is 6.72. The van der Waals surface area contributed by atoms with E-state index >= 15 is 0 Å². The second kappa shape index (κ2) is 7.26. The van der Waals surface area contributed by atoms with Crippen molar-refractivity contribution < 1.29 is 9.53 Å². The van der Waals surface area contributed by atoms with Gasteiger partial charge in [-0.15, -0.1) is 0 Å². The Morgan fingerprint density at radius 2 is 2.00 bits per heavy atom. The average molecular weight is 310 g/mol. The van der Waals surface area contributed by atoms with Crippen molar-refractivity contribution >= 4 is 28.6 Å². The van der Waals surface area contributed by atoms with Gasteiger partial charge in [0.25, 0.3) is 0 Å². The number of hydrogen-bond donors (Lipinski definition) is 0. The molecule has 0 radical (unpaired) electrons. The first kappa shape index (κ1) is 13.9. The van der Waals surface area contributed by atoms with Crippen LogP contribution in [0.15, 0.2) is 12.2 Å². The number of carbonyl (C=O) groups is 1. The molecule has 0 saturated heterocycles. The quantitative estimate of drug-likeness (QED) is 0.255. The zero-order valence-electron chi connectivity index (χ0n) is 9.18. The third kappa shape index (κ3) is 10.0. The summed E-state index contributed by atoms with van der Waals surface area (Å²) >= 11 is 2.35. The molecule has 0 spiro atoms. The predicted octanol–water partition coefficient (Wildman–Crippen LogP) is 3.49. The van der Waals surface area contributed by atoms with Gasteiger partial charge in [0.05, 0.1) is 0 Å². The Kier molecular flexibility index (Phi) is 7.23. The van der Waals surface area contributed by atoms with Gasteiger partial charge in [-0.3, -0.25) is 0 Å². The molecule has 0 aliphatic rings. The van der Waals surface area contributed by atoms with Crippen LogP contribution in [0, 0.1) is 0 Å². The number of allylic oxidation sites excluding steroid dienone is 1. The van der Waals surface area contributed by atoms with Gasteiger partial charge in [-0.05, 0) is 44.5 Å². The Labute approximate surface area is 100 Å². The Balaban J connectivity index is 3.61. The first-order chi connectivity index (χ1) is 6.45. The predicted molar refractivity (Wildman–Crippen MR) is 67.7 cm³/mol. The highest BCUT2D eigenvalue weighted by Crippen LogP contribution is 2.07. The molecule has 0 aliphatic carbocycles. The van der Waals surface area contributed by atoms with Crippen molar-refractivity contribution in [1.82, 2.24) is 0 Å². The van der Waals surface area contributed by atoms with Crippen molar-refractivity contribution in [3.8, 4) is 0 Å². The Bertz CT molecular complexity index is 192. The molecular weight excluding hydrogens is 291 g/mol. The van der Waals surface area contributed by atoms with Crippen LogP contribution in [0.1, 0.15) is 40.0 Å². The summed E-state index contributed by atoms with van der Waals surface area (Å²) in [6.45, 7) is 5.61. The van der Waals surface area contributed by atoms with Gasteiger partial charge in [0, 0.05) is 6.08 Å². The Morgan fingerprint density at radius 1 is 1.36 bits per heavy atom. The molecule has 0 amide bonds. The van der Waals surface area contributed by atoms with Gasteiger partial charge in [0.1, 0.15) is 5.60 Å². The number of ether oxygens (including phenoxy) is 1. The lowest BCUT2D eigenvalue weighted by molar-refractivity contribution is -0.148. The van der Waals surface area contributed by atoms with Crippen molar-refractivity contribution in [3.05, 3.63) is 12.2 Å². The van der Waals surface area contributed by atoms with Gasteiger partial charge in [0.2, 0.25) is 0 Å². The van der Waals surface area contributed by atoms with E-state index in [1.54, 1.807) is 0 Å². The van der Waals surface area contributed by atoms with Crippen molar-refractivity contribution in [2.24, 2.45) is 0 Å². The maximum atomic E-state index is 11.2. The van der Waals surface area contributed by atoms with Gasteiger partial charge < -0.3 is 4.74 Å². The van der Waals surface area contributed by atoms with Crippen LogP contribution in [-0.2, 0) is 9.53 Å². The molecule has 14 heavy (non-hydrogen) atoms. The highest BCUT2D eigenvalue weighted by Gasteiger charge is 2.13. The molecule has 3 heteroatoms. The largest absolute Gasteiger partial charge is 0.457 e. The van der Waals surface area contributed by atoms with Crippen molar-refractivity contribution in [1.29, 1.82) is 0 Å². The number of unbranched alkanes of at least 4 members (excludes halogenated alkanes) is 2. The molecular formula is C11H19IO2. The summed E-state index contributed by atoms with van der Waals surface area (Å²) in [6, 6.07) is 0. The van der Waals surface area contributed by atoms with Crippen LogP contribution in [0.5, 0.6) is 0 Å². The SMILES string of the molecule is CC(C)(C)OC(=O)/C=C/CCCCI. The Hall–Kier alpha value is -0.0600. The highest BCUT2D eigenvalue weighted by atomic mass is 127. The standard InChI is InChI=1S/C11H19IO2/c1-11(2,3)14-10(13)8-6-4-5-7-9-12/h6,8H,4-5,7,9H2,1-3H3/b8-6+. The number of alkyl halides is 1. The lowest BCUT2D eigenvalue weighted by Crippen LogP contribution is -2.22. The molecule has 0 aromatic heterocycles. The van der Waals surface area contributed by atoms with Gasteiger partial charge in [-0.25, -0.2) is 4.79 Å². The fraction of sp³-hybridized carbons (Fsp3) is 0.727. The molecule has 0 saturated carbocycles. The van der Waals surface area contributed by atoms with Crippen LogP contribution >= 0.6 is 22.6 Å². The van der Waals surface area contributed by atoms with Crippen LogP contribution in [0.3, 0.4) is 0 Å². The van der Waals surface area contributed by atoms with Gasteiger partial charge >= 0.3 is 5.97 Å². The molecule has 0 fully saturated rings. The fourth-order valence-corrected chi connectivity index (χ4v) is 1.41. The molecule has 0 aliphatic heterocycles. The van der Waals surface area contributed by atoms with E-state index in [2.05, 4.69) is 22.6 Å². The van der Waals surface area contributed by atoms with E-state index < -0.39 is 0 Å². The van der Waals surface area contributed by atoms with E-state index in [0.29, 0.717) is 0 Å². The normalized spacial score (nSPS) is 12.0.